The van der Waals surface area contributed by atoms with Crippen LogP contribution >= 0.6 is 0 Å². The Kier molecular flexibility index (Phi) is 28.5. The van der Waals surface area contributed by atoms with Gasteiger partial charge in [0.15, 0.2) is 12.6 Å². The maximum Gasteiger partial charge on any atom is 1.00 e. The van der Waals surface area contributed by atoms with Gasteiger partial charge in [-0.05, 0) is 0 Å². The van der Waals surface area contributed by atoms with E-state index in [0.29, 0.717) is 0 Å². The zero-order valence-corrected chi connectivity index (χ0v) is 23.9. The van der Waals surface area contributed by atoms with Crippen molar-refractivity contribution in [2.45, 2.75) is 61.3 Å². The number of hydrogen-bond donors (Lipinski definition) is 12. The van der Waals surface area contributed by atoms with Crippen LogP contribution in [0.3, 0.4) is 0 Å². The van der Waals surface area contributed by atoms with Gasteiger partial charge in [-0.25, -0.2) is 0 Å². The van der Waals surface area contributed by atoms with E-state index in [1.165, 1.54) is 0 Å². The van der Waals surface area contributed by atoms with E-state index in [1.54, 1.807) is 0 Å². The molecule has 0 bridgehead atoms. The molecule has 16 nitrogen and oxygen atoms in total. The van der Waals surface area contributed by atoms with Gasteiger partial charge in [0.05, 0.1) is 25.3 Å². The Labute approximate surface area is 246 Å². The maximum atomic E-state index is 9.20. The second-order valence-corrected chi connectivity index (χ2v) is 6.96. The molecule has 2 saturated heterocycles. The van der Waals surface area contributed by atoms with Gasteiger partial charge < -0.3 is 86.6 Å². The Morgan fingerprint density at radius 3 is 1.03 bits per heavy atom. The molecule has 0 radical (unpaired) electrons. The summed E-state index contributed by atoms with van der Waals surface area (Å²) in [5.74, 6) is 0. The summed E-state index contributed by atoms with van der Waals surface area (Å²) in [5, 5.41) is 72.1. The van der Waals surface area contributed by atoms with Crippen LogP contribution < -0.4 is 95.4 Å². The first kappa shape index (κ1) is 44.9. The minimum Gasteiger partial charge on any atom is -1.00 e. The van der Waals surface area contributed by atoms with Crippen molar-refractivity contribution >= 4 is 10.4 Å². The van der Waals surface area contributed by atoms with Crippen molar-refractivity contribution in [1.29, 1.82) is 0 Å². The molecule has 0 aromatic carbocycles. The van der Waals surface area contributed by atoms with E-state index < -0.39 is 84.9 Å². The quantitative estimate of drug-likeness (QED) is 0.108. The number of aliphatic hydroxyl groups is 8. The first-order valence-electron chi connectivity index (χ1n) is 7.97. The largest absolute Gasteiger partial charge is 1.00 e. The average Bonchev–Trinajstić information content (AvgIpc) is 2.63. The number of rotatable bonds is 2. The van der Waals surface area contributed by atoms with E-state index in [2.05, 4.69) is 0 Å². The third-order valence-electron chi connectivity index (χ3n) is 3.90. The van der Waals surface area contributed by atoms with Gasteiger partial charge in [0, 0.05) is 0 Å². The van der Waals surface area contributed by atoms with Gasteiger partial charge in [0.1, 0.15) is 36.6 Å². The SMILES string of the molecule is N[C@H]1C(O)O[C@H](CO)[C@@H](O)[C@@H]1O.N[C@H]1C(O)O[C@H](CO)[C@@H](O)[C@@H]1O.O=S(=O)(O)O.[Cl-].[Cl-].[Na+].[Na+]. The maximum absolute atomic E-state index is 9.20. The molecule has 2 aliphatic rings. The van der Waals surface area contributed by atoms with Crippen molar-refractivity contribution in [3.8, 4) is 0 Å². The molecular formula is C12H28Cl2N2Na2O14S. The second-order valence-electron chi connectivity index (χ2n) is 6.06. The molecule has 192 valence electrons. The summed E-state index contributed by atoms with van der Waals surface area (Å²) in [4.78, 5) is 0. The van der Waals surface area contributed by atoms with E-state index in [1.807, 2.05) is 0 Å². The van der Waals surface area contributed by atoms with Crippen LogP contribution in [-0.2, 0) is 19.9 Å². The molecule has 0 spiro atoms. The zero-order valence-electron chi connectivity index (χ0n) is 17.6. The molecule has 0 aromatic heterocycles. The molecule has 33 heavy (non-hydrogen) atoms. The summed E-state index contributed by atoms with van der Waals surface area (Å²) in [5.41, 5.74) is 10.5. The van der Waals surface area contributed by atoms with Gasteiger partial charge in [-0.2, -0.15) is 8.42 Å². The molecule has 2 unspecified atom stereocenters. The number of nitrogens with two attached hydrogens (primary N) is 2. The fraction of sp³-hybridized carbons (Fsp3) is 1.00. The molecule has 2 heterocycles. The Hall–Kier alpha value is 1.97. The molecule has 0 saturated carbocycles. The van der Waals surface area contributed by atoms with Crippen molar-refractivity contribution in [1.82, 2.24) is 0 Å². The first-order chi connectivity index (χ1) is 13.1. The average molecular weight is 573 g/mol. The zero-order chi connectivity index (χ0) is 23.1. The van der Waals surface area contributed by atoms with Crippen LogP contribution in [0.15, 0.2) is 0 Å². The molecule has 2 aliphatic heterocycles. The van der Waals surface area contributed by atoms with Crippen molar-refractivity contribution in [3.05, 3.63) is 0 Å². The van der Waals surface area contributed by atoms with E-state index in [0.717, 1.165) is 0 Å². The number of hydrogen-bond acceptors (Lipinski definition) is 14. The van der Waals surface area contributed by atoms with Crippen molar-refractivity contribution in [2.24, 2.45) is 11.5 Å². The second kappa shape index (κ2) is 21.0. The number of halogens is 2. The predicted molar refractivity (Wildman–Crippen MR) is 90.1 cm³/mol. The van der Waals surface area contributed by atoms with Gasteiger partial charge in [-0.15, -0.1) is 0 Å². The summed E-state index contributed by atoms with van der Waals surface area (Å²) < 4.78 is 41.0. The van der Waals surface area contributed by atoms with E-state index in [9.17, 15) is 20.4 Å². The van der Waals surface area contributed by atoms with Gasteiger partial charge in [-0.3, -0.25) is 9.11 Å². The topological polar surface area (TPSA) is 307 Å². The Morgan fingerprint density at radius 1 is 0.636 bits per heavy atom. The van der Waals surface area contributed by atoms with Crippen LogP contribution in [0.2, 0.25) is 0 Å². The van der Waals surface area contributed by atoms with Gasteiger partial charge in [-0.1, -0.05) is 0 Å². The molecule has 2 fully saturated rings. The van der Waals surface area contributed by atoms with Gasteiger partial charge in [0.25, 0.3) is 0 Å². The van der Waals surface area contributed by atoms with Crippen LogP contribution in [0.1, 0.15) is 0 Å². The third kappa shape index (κ3) is 16.4. The third-order valence-corrected chi connectivity index (χ3v) is 3.90. The summed E-state index contributed by atoms with van der Waals surface area (Å²) >= 11 is 0. The summed E-state index contributed by atoms with van der Waals surface area (Å²) in [6, 6.07) is -2.08. The molecule has 0 aliphatic carbocycles. The number of ether oxygens (including phenoxy) is 2. The van der Waals surface area contributed by atoms with Crippen LogP contribution in [0, 0.1) is 0 Å². The van der Waals surface area contributed by atoms with Crippen molar-refractivity contribution in [3.63, 3.8) is 0 Å². The van der Waals surface area contributed by atoms with Crippen molar-refractivity contribution < 1.29 is 152 Å². The standard InChI is InChI=1S/2C6H13NO5.2ClH.2Na.H2O4S/c2*7-3-5(10)4(9)2(1-8)12-6(3)11;;;;;1-5(2,3)4/h2*2-6,8-11H,1,7H2;2*1H;;;(H2,1,2,3,4)/q;;;;2*+1;/p-2/t2*2-,3-,4-,5-,6?;;;;;/m11...../s1. The fourth-order valence-electron chi connectivity index (χ4n) is 2.24. The predicted octanol–water partition coefficient (Wildman–Crippen LogP) is -19.1. The molecule has 0 amide bonds. The Morgan fingerprint density at radius 2 is 0.848 bits per heavy atom. The first-order valence-corrected chi connectivity index (χ1v) is 9.37. The van der Waals surface area contributed by atoms with E-state index >= 15 is 0 Å². The molecule has 0 aromatic rings. The molecule has 21 heteroatoms. The summed E-state index contributed by atoms with van der Waals surface area (Å²) in [6.45, 7) is -0.940. The Bertz CT molecular complexity index is 537. The summed E-state index contributed by atoms with van der Waals surface area (Å²) in [6.07, 6.45) is -9.70. The minimum atomic E-state index is -4.67. The fourth-order valence-corrected chi connectivity index (χ4v) is 2.24. The van der Waals surface area contributed by atoms with Crippen LogP contribution in [0.5, 0.6) is 0 Å². The van der Waals surface area contributed by atoms with E-state index in [4.69, 9.17) is 58.9 Å². The smallest absolute Gasteiger partial charge is 1.00 e. The van der Waals surface area contributed by atoms with Gasteiger partial charge in [0.2, 0.25) is 0 Å². The monoisotopic (exact) mass is 572 g/mol. The van der Waals surface area contributed by atoms with Crippen LogP contribution in [0.25, 0.3) is 0 Å². The van der Waals surface area contributed by atoms with E-state index in [-0.39, 0.29) is 83.9 Å². The molecule has 14 N–H and O–H groups in total. The molecular weight excluding hydrogens is 545 g/mol. The normalized spacial score (nSPS) is 37.6. The minimum absolute atomic E-state index is 0. The summed E-state index contributed by atoms with van der Waals surface area (Å²) in [7, 11) is -4.67. The Balaban J connectivity index is -0.000000120. The van der Waals surface area contributed by atoms with Gasteiger partial charge >= 0.3 is 69.5 Å². The number of aliphatic hydroxyl groups excluding tert-OH is 8. The van der Waals surface area contributed by atoms with Crippen LogP contribution in [-0.4, -0.2) is 133 Å². The molecule has 2 rings (SSSR count). The van der Waals surface area contributed by atoms with Crippen molar-refractivity contribution in [2.75, 3.05) is 13.2 Å². The molecule has 10 atom stereocenters. The van der Waals surface area contributed by atoms with Crippen LogP contribution in [0.4, 0.5) is 0 Å².